The van der Waals surface area contributed by atoms with E-state index in [9.17, 15) is 0 Å². The van der Waals surface area contributed by atoms with E-state index < -0.39 is 0 Å². The zero-order chi connectivity index (χ0) is 5.61. The molecule has 2 atom stereocenters. The Hall–Kier alpha value is 0.250. The van der Waals surface area contributed by atoms with Gasteiger partial charge in [-0.05, 0) is 0 Å². The van der Waals surface area contributed by atoms with Crippen LogP contribution in [0.15, 0.2) is 0 Å². The summed E-state index contributed by atoms with van der Waals surface area (Å²) in [6.45, 7) is 2.93. The first kappa shape index (κ1) is 7.36. The molecule has 0 aliphatic carbocycles. The van der Waals surface area contributed by atoms with Crippen LogP contribution in [0.5, 0.6) is 0 Å². The van der Waals surface area contributed by atoms with Gasteiger partial charge >= 0.3 is 0 Å². The maximum absolute atomic E-state index is 2.40. The van der Waals surface area contributed by atoms with Gasteiger partial charge in [0.25, 0.3) is 0 Å². The van der Waals surface area contributed by atoms with Gasteiger partial charge in [0.05, 0.1) is 26.2 Å². The Morgan fingerprint density at radius 3 is 2.22 bits per heavy atom. The maximum atomic E-state index is 2.40. The Labute approximate surface area is 63.0 Å². The van der Waals surface area contributed by atoms with Crippen molar-refractivity contribution in [2.75, 3.05) is 20.1 Å². The second-order valence-corrected chi connectivity index (χ2v) is 3.51. The first-order valence-electron chi connectivity index (χ1n) is 3.65. The van der Waals surface area contributed by atoms with Gasteiger partial charge in [-0.25, -0.2) is 0 Å². The third kappa shape index (κ3) is 0.870. The van der Waals surface area contributed by atoms with Crippen LogP contribution in [0.2, 0.25) is 0 Å². The normalized spacial score (nSPS) is 47.0. The molecule has 0 aromatic rings. The standard InChI is InChI=1S/C7H14N.ClH/c1-8-5-2-3-7(8)4-6-8;/h7H,2-6H2,1H3;1H/q+1;/p-1. The summed E-state index contributed by atoms with van der Waals surface area (Å²) in [5.41, 5.74) is 0. The Balaban J connectivity index is 0.000000405. The Bertz CT molecular complexity index is 115. The van der Waals surface area contributed by atoms with Gasteiger partial charge in [-0.1, -0.05) is 0 Å². The van der Waals surface area contributed by atoms with E-state index in [-0.39, 0.29) is 12.4 Å². The molecule has 0 bridgehead atoms. The van der Waals surface area contributed by atoms with E-state index in [2.05, 4.69) is 7.05 Å². The van der Waals surface area contributed by atoms with E-state index in [4.69, 9.17) is 0 Å². The highest BCUT2D eigenvalue weighted by atomic mass is 35.5. The molecule has 2 heterocycles. The molecule has 9 heavy (non-hydrogen) atoms. The molecular weight excluding hydrogens is 134 g/mol. The lowest BCUT2D eigenvalue weighted by molar-refractivity contribution is -0.960. The van der Waals surface area contributed by atoms with Gasteiger partial charge in [-0.3, -0.25) is 0 Å². The molecular formula is C7H14ClN. The molecule has 0 amide bonds. The summed E-state index contributed by atoms with van der Waals surface area (Å²) < 4.78 is 1.42. The first-order valence-corrected chi connectivity index (χ1v) is 3.65. The zero-order valence-electron chi connectivity index (χ0n) is 5.94. The molecule has 1 nitrogen and oxygen atoms in total. The third-order valence-corrected chi connectivity index (χ3v) is 3.06. The second kappa shape index (κ2) is 2.14. The predicted octanol–water partition coefficient (Wildman–Crippen LogP) is -2.00. The molecule has 2 saturated heterocycles. The largest absolute Gasteiger partial charge is 1.00 e. The topological polar surface area (TPSA) is 0 Å². The number of quaternary nitrogens is 1. The number of hydrogen-bond acceptors (Lipinski definition) is 0. The highest BCUT2D eigenvalue weighted by Crippen LogP contribution is 2.35. The van der Waals surface area contributed by atoms with E-state index in [0.717, 1.165) is 6.04 Å². The van der Waals surface area contributed by atoms with E-state index in [1.54, 1.807) is 0 Å². The second-order valence-electron chi connectivity index (χ2n) is 3.51. The fraction of sp³-hybridized carbons (Fsp3) is 1.00. The summed E-state index contributed by atoms with van der Waals surface area (Å²) in [7, 11) is 2.40. The fourth-order valence-corrected chi connectivity index (χ4v) is 2.19. The van der Waals surface area contributed by atoms with Crippen LogP contribution in [0.1, 0.15) is 19.3 Å². The van der Waals surface area contributed by atoms with Crippen LogP contribution in [-0.4, -0.2) is 30.7 Å². The lowest BCUT2D eigenvalue weighted by atomic mass is 10.0. The van der Waals surface area contributed by atoms with Crippen LogP contribution in [-0.2, 0) is 0 Å². The Morgan fingerprint density at radius 1 is 1.22 bits per heavy atom. The summed E-state index contributed by atoms with van der Waals surface area (Å²) in [5, 5.41) is 0. The number of nitrogens with zero attached hydrogens (tertiary/aromatic N) is 1. The summed E-state index contributed by atoms with van der Waals surface area (Å²) >= 11 is 0. The average Bonchev–Trinajstić information content (AvgIpc) is 1.94. The van der Waals surface area contributed by atoms with Crippen molar-refractivity contribution in [3.63, 3.8) is 0 Å². The van der Waals surface area contributed by atoms with E-state index in [0.29, 0.717) is 0 Å². The van der Waals surface area contributed by atoms with Gasteiger partial charge in [0.1, 0.15) is 0 Å². The third-order valence-electron chi connectivity index (χ3n) is 3.06. The van der Waals surface area contributed by atoms with Crippen LogP contribution in [0.4, 0.5) is 0 Å². The molecule has 0 N–H and O–H groups in total. The Morgan fingerprint density at radius 2 is 2.00 bits per heavy atom. The fourth-order valence-electron chi connectivity index (χ4n) is 2.19. The molecule has 2 rings (SSSR count). The average molecular weight is 148 g/mol. The summed E-state index contributed by atoms with van der Waals surface area (Å²) in [6.07, 6.45) is 4.51. The monoisotopic (exact) mass is 147 g/mol. The minimum Gasteiger partial charge on any atom is -1.00 e. The van der Waals surface area contributed by atoms with Crippen molar-refractivity contribution >= 4 is 0 Å². The molecule has 0 aromatic heterocycles. The smallest absolute Gasteiger partial charge is 0.0944 e. The maximum Gasteiger partial charge on any atom is 0.0944 e. The molecule has 2 fully saturated rings. The first-order chi connectivity index (χ1) is 3.81. The van der Waals surface area contributed by atoms with Crippen molar-refractivity contribution in [3.8, 4) is 0 Å². The van der Waals surface area contributed by atoms with Gasteiger partial charge in [0.15, 0.2) is 0 Å². The van der Waals surface area contributed by atoms with Crippen molar-refractivity contribution < 1.29 is 16.9 Å². The molecule has 0 spiro atoms. The summed E-state index contributed by atoms with van der Waals surface area (Å²) in [4.78, 5) is 0. The van der Waals surface area contributed by atoms with Crippen LogP contribution in [0, 0.1) is 0 Å². The number of hydrogen-bond donors (Lipinski definition) is 0. The van der Waals surface area contributed by atoms with Crippen LogP contribution in [0.25, 0.3) is 0 Å². The Kier molecular flexibility index (Phi) is 1.75. The molecule has 0 radical (unpaired) electrons. The van der Waals surface area contributed by atoms with Gasteiger partial charge < -0.3 is 16.9 Å². The molecule has 54 valence electrons. The molecule has 2 unspecified atom stereocenters. The van der Waals surface area contributed by atoms with Crippen molar-refractivity contribution in [2.45, 2.75) is 25.3 Å². The van der Waals surface area contributed by atoms with Crippen LogP contribution < -0.4 is 12.4 Å². The molecule has 2 aliphatic heterocycles. The summed E-state index contributed by atoms with van der Waals surface area (Å²) in [5.74, 6) is 0. The quantitative estimate of drug-likeness (QED) is 0.348. The van der Waals surface area contributed by atoms with E-state index >= 15 is 0 Å². The molecule has 2 aliphatic rings. The van der Waals surface area contributed by atoms with Gasteiger partial charge in [-0.2, -0.15) is 0 Å². The van der Waals surface area contributed by atoms with Crippen LogP contribution >= 0.6 is 0 Å². The minimum absolute atomic E-state index is 0. The number of halogens is 1. The minimum atomic E-state index is 0. The summed E-state index contributed by atoms with van der Waals surface area (Å²) in [6, 6.07) is 1.08. The SMILES string of the molecule is C[N+]12CCCC1CC2.[Cl-]. The van der Waals surface area contributed by atoms with E-state index in [1.807, 2.05) is 0 Å². The highest BCUT2D eigenvalue weighted by molar-refractivity contribution is 4.74. The van der Waals surface area contributed by atoms with E-state index in [1.165, 1.54) is 36.8 Å². The van der Waals surface area contributed by atoms with Gasteiger partial charge in [0, 0.05) is 19.3 Å². The van der Waals surface area contributed by atoms with Crippen molar-refractivity contribution in [2.24, 2.45) is 0 Å². The molecule has 0 saturated carbocycles. The number of rotatable bonds is 0. The van der Waals surface area contributed by atoms with Gasteiger partial charge in [0.2, 0.25) is 0 Å². The number of fused-ring (bicyclic) bond motifs is 1. The van der Waals surface area contributed by atoms with Gasteiger partial charge in [-0.15, -0.1) is 0 Å². The lowest BCUT2D eigenvalue weighted by Gasteiger charge is -2.44. The lowest BCUT2D eigenvalue weighted by Crippen LogP contribution is -3.00. The highest BCUT2D eigenvalue weighted by Gasteiger charge is 2.45. The predicted molar refractivity (Wildman–Crippen MR) is 33.6 cm³/mol. The van der Waals surface area contributed by atoms with Crippen molar-refractivity contribution in [1.29, 1.82) is 0 Å². The molecule has 2 heteroatoms. The molecule has 0 aromatic carbocycles. The van der Waals surface area contributed by atoms with Crippen molar-refractivity contribution in [3.05, 3.63) is 0 Å². The van der Waals surface area contributed by atoms with Crippen LogP contribution in [0.3, 0.4) is 0 Å². The zero-order valence-corrected chi connectivity index (χ0v) is 6.69. The van der Waals surface area contributed by atoms with Crippen molar-refractivity contribution in [1.82, 2.24) is 0 Å².